The zero-order valence-corrected chi connectivity index (χ0v) is 11.2. The number of benzene rings is 2. The fourth-order valence-corrected chi connectivity index (χ4v) is 1.94. The van der Waals surface area contributed by atoms with Crippen molar-refractivity contribution in [2.24, 2.45) is 0 Å². The van der Waals surface area contributed by atoms with Gasteiger partial charge < -0.3 is 14.5 Å². The highest BCUT2D eigenvalue weighted by Crippen LogP contribution is 2.21. The molecule has 0 atom stereocenters. The molecular weight excluding hydrogens is 254 g/mol. The lowest BCUT2D eigenvalue weighted by Crippen LogP contribution is -1.96. The molecule has 0 spiro atoms. The van der Waals surface area contributed by atoms with Crippen molar-refractivity contribution in [1.82, 2.24) is 10.2 Å². The number of rotatable bonds is 5. The van der Waals surface area contributed by atoms with E-state index in [4.69, 9.17) is 9.15 Å². The second-order valence-electron chi connectivity index (χ2n) is 4.33. The quantitative estimate of drug-likeness (QED) is 0.770. The lowest BCUT2D eigenvalue weighted by Gasteiger charge is -2.04. The number of ether oxygens (including phenoxy) is 1. The van der Waals surface area contributed by atoms with Crippen LogP contribution in [-0.2, 0) is 6.61 Å². The maximum atomic E-state index is 5.67. The SMILES string of the molecule is CCNc1nnc(COc2ccc3ccccc3c2)o1. The summed E-state index contributed by atoms with van der Waals surface area (Å²) in [5, 5.41) is 13.1. The Hall–Kier alpha value is -2.56. The van der Waals surface area contributed by atoms with Crippen LogP contribution in [0.1, 0.15) is 12.8 Å². The molecule has 0 aliphatic heterocycles. The zero-order chi connectivity index (χ0) is 13.8. The summed E-state index contributed by atoms with van der Waals surface area (Å²) in [7, 11) is 0. The molecule has 0 fully saturated rings. The standard InChI is InChI=1S/C15H15N3O2/c1-2-16-15-18-17-14(20-15)10-19-13-8-7-11-5-3-4-6-12(11)9-13/h3-9H,2,10H2,1H3,(H,16,18). The Kier molecular flexibility index (Phi) is 3.50. The fourth-order valence-electron chi connectivity index (χ4n) is 1.94. The van der Waals surface area contributed by atoms with E-state index in [1.165, 1.54) is 5.39 Å². The molecule has 5 heteroatoms. The number of nitrogens with one attached hydrogen (secondary N) is 1. The van der Waals surface area contributed by atoms with Crippen molar-refractivity contribution in [3.05, 3.63) is 48.4 Å². The Morgan fingerprint density at radius 3 is 2.80 bits per heavy atom. The van der Waals surface area contributed by atoms with Crippen LogP contribution in [-0.4, -0.2) is 16.7 Å². The Morgan fingerprint density at radius 2 is 1.95 bits per heavy atom. The molecule has 0 saturated heterocycles. The molecule has 0 radical (unpaired) electrons. The summed E-state index contributed by atoms with van der Waals surface area (Å²) in [6, 6.07) is 14.5. The minimum absolute atomic E-state index is 0.261. The van der Waals surface area contributed by atoms with E-state index in [0.29, 0.717) is 11.9 Å². The van der Waals surface area contributed by atoms with Crippen molar-refractivity contribution in [2.75, 3.05) is 11.9 Å². The van der Waals surface area contributed by atoms with E-state index in [9.17, 15) is 0 Å². The van der Waals surface area contributed by atoms with E-state index in [-0.39, 0.29) is 6.61 Å². The molecule has 1 aromatic heterocycles. The number of anilines is 1. The van der Waals surface area contributed by atoms with E-state index >= 15 is 0 Å². The molecule has 102 valence electrons. The molecule has 1 N–H and O–H groups in total. The van der Waals surface area contributed by atoms with E-state index in [1.54, 1.807) is 0 Å². The molecule has 3 rings (SSSR count). The van der Waals surface area contributed by atoms with Gasteiger partial charge in [-0.05, 0) is 29.8 Å². The molecule has 20 heavy (non-hydrogen) atoms. The van der Waals surface area contributed by atoms with Crippen LogP contribution in [0, 0.1) is 0 Å². The maximum Gasteiger partial charge on any atom is 0.315 e. The minimum atomic E-state index is 0.261. The average molecular weight is 269 g/mol. The van der Waals surface area contributed by atoms with Crippen LogP contribution in [0.4, 0.5) is 6.01 Å². The Balaban J connectivity index is 1.69. The normalized spacial score (nSPS) is 10.7. The van der Waals surface area contributed by atoms with Crippen LogP contribution in [0.15, 0.2) is 46.9 Å². The number of aromatic nitrogens is 2. The van der Waals surface area contributed by atoms with Gasteiger partial charge in [0.2, 0.25) is 0 Å². The highest BCUT2D eigenvalue weighted by Gasteiger charge is 2.06. The summed E-state index contributed by atoms with van der Waals surface area (Å²) in [5.41, 5.74) is 0. The summed E-state index contributed by atoms with van der Waals surface area (Å²) >= 11 is 0. The third-order valence-electron chi connectivity index (χ3n) is 2.88. The van der Waals surface area contributed by atoms with Crippen molar-refractivity contribution < 1.29 is 9.15 Å². The van der Waals surface area contributed by atoms with Crippen LogP contribution in [0.5, 0.6) is 5.75 Å². The summed E-state index contributed by atoms with van der Waals surface area (Å²) in [6.07, 6.45) is 0. The number of nitrogens with zero attached hydrogens (tertiary/aromatic N) is 2. The number of hydrogen-bond acceptors (Lipinski definition) is 5. The Labute approximate surface area is 116 Å². The molecule has 0 bridgehead atoms. The van der Waals surface area contributed by atoms with Gasteiger partial charge in [-0.2, -0.15) is 0 Å². The lowest BCUT2D eigenvalue weighted by molar-refractivity contribution is 0.265. The third-order valence-corrected chi connectivity index (χ3v) is 2.88. The van der Waals surface area contributed by atoms with Gasteiger partial charge in [-0.25, -0.2) is 0 Å². The third kappa shape index (κ3) is 2.71. The van der Waals surface area contributed by atoms with E-state index < -0.39 is 0 Å². The number of fused-ring (bicyclic) bond motifs is 1. The van der Waals surface area contributed by atoms with Crippen LogP contribution in [0.3, 0.4) is 0 Å². The lowest BCUT2D eigenvalue weighted by atomic mass is 10.1. The second-order valence-corrected chi connectivity index (χ2v) is 4.33. The summed E-state index contributed by atoms with van der Waals surface area (Å²) < 4.78 is 11.0. The van der Waals surface area contributed by atoms with E-state index in [1.807, 2.05) is 37.3 Å². The number of hydrogen-bond donors (Lipinski definition) is 1. The minimum Gasteiger partial charge on any atom is -0.484 e. The molecule has 0 unspecified atom stereocenters. The van der Waals surface area contributed by atoms with Crippen molar-refractivity contribution in [2.45, 2.75) is 13.5 Å². The van der Waals surface area contributed by atoms with Gasteiger partial charge in [0.05, 0.1) is 0 Å². The first-order valence-corrected chi connectivity index (χ1v) is 6.53. The van der Waals surface area contributed by atoms with E-state index in [2.05, 4.69) is 27.6 Å². The van der Waals surface area contributed by atoms with Gasteiger partial charge in [0.1, 0.15) is 5.75 Å². The van der Waals surface area contributed by atoms with Crippen LogP contribution in [0.2, 0.25) is 0 Å². The Morgan fingerprint density at radius 1 is 1.10 bits per heavy atom. The molecule has 5 nitrogen and oxygen atoms in total. The van der Waals surface area contributed by atoms with Gasteiger partial charge in [0, 0.05) is 6.54 Å². The smallest absolute Gasteiger partial charge is 0.315 e. The monoisotopic (exact) mass is 269 g/mol. The molecule has 0 saturated carbocycles. The first-order chi connectivity index (χ1) is 9.85. The molecule has 2 aromatic carbocycles. The van der Waals surface area contributed by atoms with Gasteiger partial charge in [-0.1, -0.05) is 35.4 Å². The molecule has 0 amide bonds. The van der Waals surface area contributed by atoms with Crippen LogP contribution in [0.25, 0.3) is 10.8 Å². The summed E-state index contributed by atoms with van der Waals surface area (Å²) in [5.74, 6) is 1.24. The first kappa shape index (κ1) is 12.5. The summed E-state index contributed by atoms with van der Waals surface area (Å²) in [6.45, 7) is 2.97. The Bertz CT molecular complexity index is 709. The van der Waals surface area contributed by atoms with Gasteiger partial charge in [-0.15, -0.1) is 5.10 Å². The predicted molar refractivity (Wildman–Crippen MR) is 76.7 cm³/mol. The fraction of sp³-hybridized carbons (Fsp3) is 0.200. The highest BCUT2D eigenvalue weighted by molar-refractivity contribution is 5.83. The zero-order valence-electron chi connectivity index (χ0n) is 11.2. The van der Waals surface area contributed by atoms with Gasteiger partial charge in [0.15, 0.2) is 6.61 Å². The molecular formula is C15H15N3O2. The molecule has 1 heterocycles. The van der Waals surface area contributed by atoms with Crippen molar-refractivity contribution in [3.8, 4) is 5.75 Å². The highest BCUT2D eigenvalue weighted by atomic mass is 16.5. The summed E-state index contributed by atoms with van der Waals surface area (Å²) in [4.78, 5) is 0. The van der Waals surface area contributed by atoms with Crippen molar-refractivity contribution in [3.63, 3.8) is 0 Å². The average Bonchev–Trinajstić information content (AvgIpc) is 2.93. The van der Waals surface area contributed by atoms with Gasteiger partial charge in [-0.3, -0.25) is 0 Å². The van der Waals surface area contributed by atoms with Gasteiger partial charge >= 0.3 is 6.01 Å². The topological polar surface area (TPSA) is 60.2 Å². The first-order valence-electron chi connectivity index (χ1n) is 6.53. The van der Waals surface area contributed by atoms with Crippen molar-refractivity contribution in [1.29, 1.82) is 0 Å². The van der Waals surface area contributed by atoms with Gasteiger partial charge in [0.25, 0.3) is 5.89 Å². The van der Waals surface area contributed by atoms with Crippen LogP contribution < -0.4 is 10.1 Å². The largest absolute Gasteiger partial charge is 0.484 e. The van der Waals surface area contributed by atoms with Crippen molar-refractivity contribution >= 4 is 16.8 Å². The van der Waals surface area contributed by atoms with Crippen LogP contribution >= 0.6 is 0 Å². The molecule has 0 aliphatic rings. The van der Waals surface area contributed by atoms with E-state index in [0.717, 1.165) is 17.7 Å². The maximum absolute atomic E-state index is 5.67. The molecule has 3 aromatic rings. The molecule has 0 aliphatic carbocycles. The second kappa shape index (κ2) is 5.61. The predicted octanol–water partition coefficient (Wildman–Crippen LogP) is 3.23.